The number of hydrogen-bond acceptors (Lipinski definition) is 8. The molecule has 2 aromatic carbocycles. The van der Waals surface area contributed by atoms with Gasteiger partial charge in [0.25, 0.3) is 5.91 Å². The predicted molar refractivity (Wildman–Crippen MR) is 163 cm³/mol. The fourth-order valence-electron chi connectivity index (χ4n) is 4.75. The van der Waals surface area contributed by atoms with E-state index in [1.165, 1.54) is 28.7 Å². The van der Waals surface area contributed by atoms with Crippen molar-refractivity contribution in [1.29, 1.82) is 0 Å². The smallest absolute Gasteiger partial charge is 0.270 e. The molecule has 0 spiro atoms. The lowest BCUT2D eigenvalue weighted by Crippen LogP contribution is -2.44. The van der Waals surface area contributed by atoms with Crippen molar-refractivity contribution >= 4 is 52.2 Å². The summed E-state index contributed by atoms with van der Waals surface area (Å²) in [6.45, 7) is 2.85. The van der Waals surface area contributed by atoms with E-state index in [4.69, 9.17) is 27.6 Å². The fourth-order valence-corrected chi connectivity index (χ4v) is 6.98. The summed E-state index contributed by atoms with van der Waals surface area (Å²) in [5.74, 6) is 1.47. The number of likely N-dealkylation sites (tertiary alicyclic amines) is 1. The molecule has 3 aromatic heterocycles. The molecule has 0 bridgehead atoms. The number of carbonyl (C=O) groups excluding carboxylic acids is 1. The van der Waals surface area contributed by atoms with Crippen molar-refractivity contribution in [2.24, 2.45) is 0 Å². The fraction of sp³-hybridized carbons (Fsp3) is 0.241. The summed E-state index contributed by atoms with van der Waals surface area (Å²) in [5, 5.41) is 16.2. The SMILES string of the molecule is O=C(NC1CCN(Cc2ccccc2)CC1)c1csc(CSc2nnc(-c3ccco3)n2-c2ccc(Cl)cc2Cl)n1. The molecule has 5 aromatic rings. The van der Waals surface area contributed by atoms with Crippen LogP contribution in [0.2, 0.25) is 10.0 Å². The number of benzene rings is 2. The Labute approximate surface area is 255 Å². The van der Waals surface area contributed by atoms with Gasteiger partial charge in [-0.2, -0.15) is 0 Å². The highest BCUT2D eigenvalue weighted by atomic mass is 35.5. The Balaban J connectivity index is 1.08. The molecule has 1 N–H and O–H groups in total. The molecule has 210 valence electrons. The number of furan rings is 1. The van der Waals surface area contributed by atoms with E-state index >= 15 is 0 Å². The number of amides is 1. The van der Waals surface area contributed by atoms with E-state index in [0.29, 0.717) is 43.9 Å². The van der Waals surface area contributed by atoms with Gasteiger partial charge in [-0.15, -0.1) is 21.5 Å². The first-order valence-corrected chi connectivity index (χ1v) is 15.7. The molecule has 8 nitrogen and oxygen atoms in total. The zero-order valence-corrected chi connectivity index (χ0v) is 25.0. The van der Waals surface area contributed by atoms with E-state index in [2.05, 4.69) is 49.7 Å². The average Bonchev–Trinajstić information content (AvgIpc) is 3.75. The molecule has 1 aliphatic rings. The Hall–Kier alpha value is -3.15. The summed E-state index contributed by atoms with van der Waals surface area (Å²) in [4.78, 5) is 20.0. The maximum Gasteiger partial charge on any atom is 0.270 e. The average molecular weight is 626 g/mol. The first-order valence-electron chi connectivity index (χ1n) is 13.1. The van der Waals surface area contributed by atoms with Crippen molar-refractivity contribution in [3.8, 4) is 17.3 Å². The highest BCUT2D eigenvalue weighted by molar-refractivity contribution is 7.98. The summed E-state index contributed by atoms with van der Waals surface area (Å²) >= 11 is 15.6. The molecule has 0 aliphatic carbocycles. The Bertz CT molecular complexity index is 1620. The standard InChI is InChI=1S/C29H26Cl2N6O2S2/c30-20-8-9-24(22(31)15-20)37-27(25-7-4-14-39-25)34-35-29(37)41-18-26-33-23(17-40-26)28(38)32-21-10-12-36(13-11-21)16-19-5-2-1-3-6-19/h1-9,14-15,17,21H,10-13,16,18H2,(H,32,38). The number of thioether (sulfide) groups is 1. The van der Waals surface area contributed by atoms with Gasteiger partial charge in [-0.05, 0) is 48.7 Å². The number of nitrogens with zero attached hydrogens (tertiary/aromatic N) is 5. The molecule has 1 amide bonds. The number of nitrogens with one attached hydrogen (secondary N) is 1. The quantitative estimate of drug-likeness (QED) is 0.177. The van der Waals surface area contributed by atoms with Gasteiger partial charge in [0.1, 0.15) is 10.7 Å². The molecule has 12 heteroatoms. The lowest BCUT2D eigenvalue weighted by Gasteiger charge is -2.32. The molecule has 6 rings (SSSR count). The van der Waals surface area contributed by atoms with Crippen LogP contribution in [0.1, 0.15) is 33.9 Å². The molecule has 1 aliphatic heterocycles. The predicted octanol–water partition coefficient (Wildman–Crippen LogP) is 6.98. The van der Waals surface area contributed by atoms with Crippen LogP contribution in [-0.2, 0) is 12.3 Å². The van der Waals surface area contributed by atoms with Gasteiger partial charge in [0.2, 0.25) is 5.82 Å². The lowest BCUT2D eigenvalue weighted by molar-refractivity contribution is 0.0904. The molecule has 0 atom stereocenters. The van der Waals surface area contributed by atoms with Crippen molar-refractivity contribution in [3.63, 3.8) is 0 Å². The number of halogens is 2. The highest BCUT2D eigenvalue weighted by Gasteiger charge is 2.23. The maximum atomic E-state index is 13.0. The first-order chi connectivity index (χ1) is 20.0. The van der Waals surface area contributed by atoms with Crippen LogP contribution in [0.4, 0.5) is 0 Å². The number of thiazole rings is 1. The van der Waals surface area contributed by atoms with E-state index in [0.717, 1.165) is 37.5 Å². The van der Waals surface area contributed by atoms with Gasteiger partial charge in [-0.1, -0.05) is 65.3 Å². The van der Waals surface area contributed by atoms with Crippen molar-refractivity contribution in [2.75, 3.05) is 13.1 Å². The van der Waals surface area contributed by atoms with Crippen molar-refractivity contribution in [1.82, 2.24) is 30.0 Å². The Morgan fingerprint density at radius 1 is 1.07 bits per heavy atom. The third kappa shape index (κ3) is 6.68. The minimum atomic E-state index is -0.129. The van der Waals surface area contributed by atoms with Crippen molar-refractivity contribution < 1.29 is 9.21 Å². The molecular weight excluding hydrogens is 599 g/mol. The minimum Gasteiger partial charge on any atom is -0.461 e. The number of hydrogen-bond donors (Lipinski definition) is 1. The third-order valence-electron chi connectivity index (χ3n) is 6.81. The second-order valence-corrected chi connectivity index (χ2v) is 12.4. The Morgan fingerprint density at radius 2 is 1.90 bits per heavy atom. The van der Waals surface area contributed by atoms with E-state index < -0.39 is 0 Å². The van der Waals surface area contributed by atoms with Gasteiger partial charge >= 0.3 is 0 Å². The largest absolute Gasteiger partial charge is 0.461 e. The van der Waals surface area contributed by atoms with Crippen LogP contribution >= 0.6 is 46.3 Å². The number of carbonyl (C=O) groups is 1. The Morgan fingerprint density at radius 3 is 2.66 bits per heavy atom. The molecule has 41 heavy (non-hydrogen) atoms. The summed E-state index contributed by atoms with van der Waals surface area (Å²) in [7, 11) is 0. The van der Waals surface area contributed by atoms with Gasteiger partial charge in [-0.25, -0.2) is 4.98 Å². The highest BCUT2D eigenvalue weighted by Crippen LogP contribution is 2.34. The second kappa shape index (κ2) is 12.8. The van der Waals surface area contributed by atoms with E-state index in [9.17, 15) is 4.79 Å². The third-order valence-corrected chi connectivity index (χ3v) is 9.32. The van der Waals surface area contributed by atoms with E-state index in [1.807, 2.05) is 28.1 Å². The second-order valence-electron chi connectivity index (χ2n) is 9.64. The molecule has 4 heterocycles. The zero-order chi connectivity index (χ0) is 28.2. The van der Waals surface area contributed by atoms with Crippen LogP contribution in [0.3, 0.4) is 0 Å². The van der Waals surface area contributed by atoms with Gasteiger partial charge in [-0.3, -0.25) is 14.3 Å². The molecule has 0 saturated carbocycles. The number of aromatic nitrogens is 4. The maximum absolute atomic E-state index is 13.0. The van der Waals surface area contributed by atoms with Gasteiger partial charge in [0.05, 0.1) is 22.7 Å². The molecule has 0 radical (unpaired) electrons. The van der Waals surface area contributed by atoms with Crippen molar-refractivity contribution in [3.05, 3.63) is 98.6 Å². The van der Waals surface area contributed by atoms with Crippen molar-refractivity contribution in [2.45, 2.75) is 36.3 Å². The zero-order valence-electron chi connectivity index (χ0n) is 21.9. The molecule has 1 fully saturated rings. The minimum absolute atomic E-state index is 0.129. The first kappa shape index (κ1) is 28.0. The topological polar surface area (TPSA) is 89.1 Å². The normalized spacial score (nSPS) is 14.4. The monoisotopic (exact) mass is 624 g/mol. The van der Waals surface area contributed by atoms with Crippen LogP contribution in [0.25, 0.3) is 17.3 Å². The summed E-state index contributed by atoms with van der Waals surface area (Å²) < 4.78 is 7.43. The number of rotatable bonds is 9. The van der Waals surface area contributed by atoms with Crippen LogP contribution in [0.15, 0.2) is 81.9 Å². The van der Waals surface area contributed by atoms with Gasteiger partial charge < -0.3 is 9.73 Å². The van der Waals surface area contributed by atoms with Gasteiger partial charge in [0, 0.05) is 36.1 Å². The molecular formula is C29H26Cl2N6O2S2. The van der Waals surface area contributed by atoms with Crippen LogP contribution in [-0.4, -0.2) is 49.7 Å². The van der Waals surface area contributed by atoms with Gasteiger partial charge in [0.15, 0.2) is 10.9 Å². The van der Waals surface area contributed by atoms with Crippen LogP contribution in [0.5, 0.6) is 0 Å². The molecule has 0 unspecified atom stereocenters. The van der Waals surface area contributed by atoms with Crippen LogP contribution in [0, 0.1) is 0 Å². The summed E-state index contributed by atoms with van der Waals surface area (Å²) in [5.41, 5.74) is 2.44. The Kier molecular flexibility index (Phi) is 8.73. The number of piperidine rings is 1. The summed E-state index contributed by atoms with van der Waals surface area (Å²) in [6, 6.07) is 19.5. The van der Waals surface area contributed by atoms with E-state index in [-0.39, 0.29) is 11.9 Å². The molecule has 1 saturated heterocycles. The van der Waals surface area contributed by atoms with E-state index in [1.54, 1.807) is 24.5 Å². The van der Waals surface area contributed by atoms with Crippen LogP contribution < -0.4 is 5.32 Å². The summed E-state index contributed by atoms with van der Waals surface area (Å²) in [6.07, 6.45) is 3.43. The lowest BCUT2D eigenvalue weighted by atomic mass is 10.0.